The first kappa shape index (κ1) is 15.6. The van der Waals surface area contributed by atoms with Crippen molar-refractivity contribution in [2.24, 2.45) is 5.92 Å². The number of aromatic nitrogens is 4. The number of anilines is 1. The molecule has 3 heterocycles. The Labute approximate surface area is 136 Å². The molecule has 0 bridgehead atoms. The van der Waals surface area contributed by atoms with Crippen LogP contribution in [-0.4, -0.2) is 32.8 Å². The van der Waals surface area contributed by atoms with Gasteiger partial charge in [-0.05, 0) is 13.0 Å². The van der Waals surface area contributed by atoms with Gasteiger partial charge in [-0.15, -0.1) is 0 Å². The van der Waals surface area contributed by atoms with E-state index >= 15 is 0 Å². The molecule has 0 amide bonds. The Morgan fingerprint density at radius 2 is 1.96 bits per heavy atom. The lowest BCUT2D eigenvalue weighted by molar-refractivity contribution is 0.328. The Kier molecular flexibility index (Phi) is 3.92. The third-order valence-electron chi connectivity index (χ3n) is 4.14. The van der Waals surface area contributed by atoms with Gasteiger partial charge in [0.25, 0.3) is 5.56 Å². The average Bonchev–Trinajstić information content (AvgIpc) is 2.42. The van der Waals surface area contributed by atoms with Gasteiger partial charge >= 0.3 is 0 Å². The smallest absolute Gasteiger partial charge is 0.266 e. The molecule has 2 aromatic heterocycles. The summed E-state index contributed by atoms with van der Waals surface area (Å²) in [6.45, 7) is 10.7. The molecule has 1 aliphatic rings. The summed E-state index contributed by atoms with van der Waals surface area (Å²) in [4.78, 5) is 22.7. The Morgan fingerprint density at radius 3 is 2.61 bits per heavy atom. The first-order chi connectivity index (χ1) is 10.8. The van der Waals surface area contributed by atoms with Gasteiger partial charge in [-0.3, -0.25) is 4.79 Å². The highest BCUT2D eigenvalue weighted by molar-refractivity contribution is 5.41. The van der Waals surface area contributed by atoms with Gasteiger partial charge in [-0.2, -0.15) is 5.10 Å². The monoisotopic (exact) mass is 313 g/mol. The van der Waals surface area contributed by atoms with Crippen LogP contribution in [0.4, 0.5) is 5.82 Å². The molecule has 6 heteroatoms. The summed E-state index contributed by atoms with van der Waals surface area (Å²) in [5.41, 5.74) is 1.82. The van der Waals surface area contributed by atoms with Crippen LogP contribution in [0.3, 0.4) is 0 Å². The molecule has 23 heavy (non-hydrogen) atoms. The van der Waals surface area contributed by atoms with E-state index in [9.17, 15) is 4.79 Å². The van der Waals surface area contributed by atoms with Crippen LogP contribution in [0.15, 0.2) is 29.3 Å². The molecule has 0 atom stereocenters. The fourth-order valence-electron chi connectivity index (χ4n) is 2.71. The van der Waals surface area contributed by atoms with E-state index in [1.54, 1.807) is 17.1 Å². The summed E-state index contributed by atoms with van der Waals surface area (Å²) in [7, 11) is 0. The van der Waals surface area contributed by atoms with Crippen LogP contribution < -0.4 is 10.5 Å². The summed E-state index contributed by atoms with van der Waals surface area (Å²) >= 11 is 0. The van der Waals surface area contributed by atoms with Crippen molar-refractivity contribution in [3.8, 4) is 0 Å². The number of hydrogen-bond acceptors (Lipinski definition) is 5. The largest absolute Gasteiger partial charge is 0.356 e. The van der Waals surface area contributed by atoms with Crippen molar-refractivity contribution in [3.63, 3.8) is 0 Å². The number of rotatable bonds is 3. The predicted octanol–water partition coefficient (Wildman–Crippen LogP) is 1.78. The highest BCUT2D eigenvalue weighted by Crippen LogP contribution is 2.24. The van der Waals surface area contributed by atoms with Crippen LogP contribution in [0.5, 0.6) is 0 Å². The topological polar surface area (TPSA) is 63.9 Å². The molecule has 2 aromatic rings. The van der Waals surface area contributed by atoms with Crippen LogP contribution in [0.2, 0.25) is 0 Å². The molecule has 3 rings (SSSR count). The van der Waals surface area contributed by atoms with Gasteiger partial charge in [0.15, 0.2) is 0 Å². The standard InChI is InChI=1S/C17H23N5O/c1-12-7-15(19-11-18-12)21-8-13(9-21)10-22-16(23)6-5-14(20-22)17(2,3)4/h5-7,11,13H,8-10H2,1-4H3. The molecule has 0 N–H and O–H groups in total. The van der Waals surface area contributed by atoms with Crippen LogP contribution in [-0.2, 0) is 12.0 Å². The molecular weight excluding hydrogens is 290 g/mol. The maximum absolute atomic E-state index is 12.0. The summed E-state index contributed by atoms with van der Waals surface area (Å²) in [5.74, 6) is 1.38. The molecular formula is C17H23N5O. The van der Waals surface area contributed by atoms with Crippen molar-refractivity contribution in [1.29, 1.82) is 0 Å². The first-order valence-corrected chi connectivity index (χ1v) is 7.95. The molecule has 0 aliphatic carbocycles. The van der Waals surface area contributed by atoms with Crippen molar-refractivity contribution in [3.05, 3.63) is 46.3 Å². The lowest BCUT2D eigenvalue weighted by Gasteiger charge is -2.40. The van der Waals surface area contributed by atoms with Crippen LogP contribution in [0.25, 0.3) is 0 Å². The van der Waals surface area contributed by atoms with Crippen LogP contribution in [0, 0.1) is 12.8 Å². The Bertz CT molecular complexity index is 756. The van der Waals surface area contributed by atoms with E-state index in [0.29, 0.717) is 12.5 Å². The molecule has 6 nitrogen and oxygen atoms in total. The maximum Gasteiger partial charge on any atom is 0.266 e. The van der Waals surface area contributed by atoms with Gasteiger partial charge in [-0.1, -0.05) is 20.8 Å². The van der Waals surface area contributed by atoms with Gasteiger partial charge in [0, 0.05) is 42.2 Å². The fourth-order valence-corrected chi connectivity index (χ4v) is 2.71. The third kappa shape index (κ3) is 3.41. The van der Waals surface area contributed by atoms with E-state index < -0.39 is 0 Å². The maximum atomic E-state index is 12.0. The van der Waals surface area contributed by atoms with Crippen LogP contribution in [0.1, 0.15) is 32.2 Å². The minimum Gasteiger partial charge on any atom is -0.356 e. The normalized spacial score (nSPS) is 15.6. The average molecular weight is 313 g/mol. The van der Waals surface area contributed by atoms with Gasteiger partial charge < -0.3 is 4.90 Å². The minimum absolute atomic E-state index is 0.0330. The number of hydrogen-bond donors (Lipinski definition) is 0. The van der Waals surface area contributed by atoms with Crippen molar-refractivity contribution >= 4 is 5.82 Å². The van der Waals surface area contributed by atoms with Gasteiger partial charge in [0.1, 0.15) is 12.1 Å². The Balaban J connectivity index is 1.67. The Morgan fingerprint density at radius 1 is 1.22 bits per heavy atom. The van der Waals surface area contributed by atoms with Crippen molar-refractivity contribution in [1.82, 2.24) is 19.7 Å². The molecule has 0 radical (unpaired) electrons. The van der Waals surface area contributed by atoms with Gasteiger partial charge in [-0.25, -0.2) is 14.6 Å². The highest BCUT2D eigenvalue weighted by atomic mass is 16.1. The summed E-state index contributed by atoms with van der Waals surface area (Å²) in [6.07, 6.45) is 1.59. The van der Waals surface area contributed by atoms with Gasteiger partial charge in [0.05, 0.1) is 12.2 Å². The van der Waals surface area contributed by atoms with E-state index in [2.05, 4.69) is 40.7 Å². The molecule has 1 fully saturated rings. The van der Waals surface area contributed by atoms with E-state index in [4.69, 9.17) is 0 Å². The molecule has 122 valence electrons. The van der Waals surface area contributed by atoms with Crippen molar-refractivity contribution in [2.75, 3.05) is 18.0 Å². The molecule has 0 spiro atoms. The van der Waals surface area contributed by atoms with E-state index in [0.717, 1.165) is 30.3 Å². The number of aryl methyl sites for hydroxylation is 1. The fraction of sp³-hybridized carbons (Fsp3) is 0.529. The van der Waals surface area contributed by atoms with Crippen LogP contribution >= 0.6 is 0 Å². The lowest BCUT2D eigenvalue weighted by Crippen LogP contribution is -2.50. The molecule has 1 aliphatic heterocycles. The molecule has 0 unspecified atom stereocenters. The second-order valence-corrected chi connectivity index (χ2v) is 7.28. The first-order valence-electron chi connectivity index (χ1n) is 7.95. The zero-order valence-electron chi connectivity index (χ0n) is 14.2. The molecule has 0 saturated carbocycles. The van der Waals surface area contributed by atoms with Gasteiger partial charge in [0.2, 0.25) is 0 Å². The van der Waals surface area contributed by atoms with E-state index in [-0.39, 0.29) is 11.0 Å². The molecule has 0 aromatic carbocycles. The second kappa shape index (κ2) is 5.76. The zero-order valence-corrected chi connectivity index (χ0v) is 14.2. The minimum atomic E-state index is -0.0560. The second-order valence-electron chi connectivity index (χ2n) is 7.28. The Hall–Kier alpha value is -2.24. The summed E-state index contributed by atoms with van der Waals surface area (Å²) in [6, 6.07) is 5.44. The van der Waals surface area contributed by atoms with Crippen molar-refractivity contribution in [2.45, 2.75) is 39.7 Å². The third-order valence-corrected chi connectivity index (χ3v) is 4.14. The predicted molar refractivity (Wildman–Crippen MR) is 89.7 cm³/mol. The SMILES string of the molecule is Cc1cc(N2CC(Cn3nc(C(C)(C)C)ccc3=O)C2)ncn1. The summed E-state index contributed by atoms with van der Waals surface area (Å²) in [5, 5.41) is 4.54. The summed E-state index contributed by atoms with van der Waals surface area (Å²) < 4.78 is 1.60. The van der Waals surface area contributed by atoms with E-state index in [1.807, 2.05) is 19.1 Å². The van der Waals surface area contributed by atoms with Crippen molar-refractivity contribution < 1.29 is 0 Å². The quantitative estimate of drug-likeness (QED) is 0.864. The van der Waals surface area contributed by atoms with E-state index in [1.165, 1.54) is 0 Å². The molecule has 1 saturated heterocycles. The zero-order chi connectivity index (χ0) is 16.6. The highest BCUT2D eigenvalue weighted by Gasteiger charge is 2.29. The lowest BCUT2D eigenvalue weighted by atomic mass is 9.92. The number of nitrogens with zero attached hydrogens (tertiary/aromatic N) is 5.